The Kier molecular flexibility index (Phi) is 9.02. The molecule has 0 amide bonds. The monoisotopic (exact) mass is 621 g/mol. The predicted molar refractivity (Wildman–Crippen MR) is 201 cm³/mol. The third-order valence-electron chi connectivity index (χ3n) is 9.15. The van der Waals surface area contributed by atoms with E-state index in [0.717, 1.165) is 36.0 Å². The molecule has 0 atom stereocenters. The third-order valence-corrected chi connectivity index (χ3v) is 9.15. The second kappa shape index (κ2) is 14.0. The molecule has 234 valence electrons. The van der Waals surface area contributed by atoms with Crippen LogP contribution in [0.3, 0.4) is 0 Å². The van der Waals surface area contributed by atoms with Crippen LogP contribution in [0.5, 0.6) is 0 Å². The van der Waals surface area contributed by atoms with E-state index in [9.17, 15) is 0 Å². The lowest BCUT2D eigenvalue weighted by molar-refractivity contribution is 1.07. The minimum Gasteiger partial charge on any atom is -0.208 e. The fraction of sp³-hybridized carbons (Fsp3) is 0.133. The van der Waals surface area contributed by atoms with Crippen LogP contribution in [0, 0.1) is 0 Å². The van der Waals surface area contributed by atoms with E-state index >= 15 is 0 Å². The van der Waals surface area contributed by atoms with Crippen LogP contribution < -0.4 is 0 Å². The van der Waals surface area contributed by atoms with Gasteiger partial charge in [-0.2, -0.15) is 0 Å². The van der Waals surface area contributed by atoms with Gasteiger partial charge < -0.3 is 0 Å². The maximum absolute atomic E-state index is 5.01. The summed E-state index contributed by atoms with van der Waals surface area (Å²) in [5.74, 6) is 1.96. The quantitative estimate of drug-likeness (QED) is 0.161. The van der Waals surface area contributed by atoms with Crippen molar-refractivity contribution in [2.45, 2.75) is 40.0 Å². The lowest BCUT2D eigenvalue weighted by Gasteiger charge is -2.11. The van der Waals surface area contributed by atoms with Crippen molar-refractivity contribution in [2.75, 3.05) is 0 Å². The van der Waals surface area contributed by atoms with E-state index in [1.807, 2.05) is 0 Å². The molecule has 1 heterocycles. The predicted octanol–water partition coefficient (Wildman–Crippen LogP) is 11.6. The molecule has 0 saturated heterocycles. The van der Waals surface area contributed by atoms with Crippen LogP contribution in [0.4, 0.5) is 0 Å². The van der Waals surface area contributed by atoms with Gasteiger partial charge in [-0.3, -0.25) is 0 Å². The summed E-state index contributed by atoms with van der Waals surface area (Å²) in [6.07, 6.45) is 3.10. The first kappa shape index (κ1) is 31.0. The number of rotatable bonds is 9. The molecule has 48 heavy (non-hydrogen) atoms. The smallest absolute Gasteiger partial charge is 0.164 e. The highest BCUT2D eigenvalue weighted by Crippen LogP contribution is 2.30. The molecule has 0 aliphatic rings. The lowest BCUT2D eigenvalue weighted by Crippen LogP contribution is -2.00. The van der Waals surface area contributed by atoms with Gasteiger partial charge >= 0.3 is 0 Å². The summed E-state index contributed by atoms with van der Waals surface area (Å²) in [4.78, 5) is 15.0. The molecule has 0 aliphatic carbocycles. The molecule has 0 bridgehead atoms. The average Bonchev–Trinajstić information content (AvgIpc) is 3.18. The number of nitrogens with zero attached hydrogens (tertiary/aromatic N) is 3. The molecule has 0 N–H and O–H groups in total. The van der Waals surface area contributed by atoms with Crippen molar-refractivity contribution in [1.29, 1.82) is 0 Å². The van der Waals surface area contributed by atoms with Gasteiger partial charge in [-0.1, -0.05) is 166 Å². The molecule has 0 fully saturated rings. The van der Waals surface area contributed by atoms with Gasteiger partial charge in [0.15, 0.2) is 17.5 Å². The van der Waals surface area contributed by atoms with Crippen LogP contribution in [0.25, 0.3) is 67.5 Å². The van der Waals surface area contributed by atoms with E-state index < -0.39 is 0 Å². The van der Waals surface area contributed by atoms with Crippen molar-refractivity contribution in [3.63, 3.8) is 0 Å². The van der Waals surface area contributed by atoms with Crippen LogP contribution in [0.2, 0.25) is 0 Å². The van der Waals surface area contributed by atoms with Crippen molar-refractivity contribution in [2.24, 2.45) is 0 Å². The zero-order valence-corrected chi connectivity index (χ0v) is 27.8. The highest BCUT2D eigenvalue weighted by atomic mass is 15.0. The van der Waals surface area contributed by atoms with Gasteiger partial charge in [0.25, 0.3) is 0 Å². The third kappa shape index (κ3) is 6.72. The van der Waals surface area contributed by atoms with Crippen LogP contribution >= 0.6 is 0 Å². The maximum Gasteiger partial charge on any atom is 0.164 e. The summed E-state index contributed by atoms with van der Waals surface area (Å²) >= 11 is 0. The molecule has 1 aromatic heterocycles. The molecule has 3 heteroatoms. The minimum absolute atomic E-state index is 0.654. The van der Waals surface area contributed by atoms with E-state index in [0.29, 0.717) is 17.5 Å². The largest absolute Gasteiger partial charge is 0.208 e. The number of hydrogen-bond donors (Lipinski definition) is 0. The molecular weight excluding hydrogens is 583 g/mol. The zero-order valence-electron chi connectivity index (χ0n) is 27.8. The van der Waals surface area contributed by atoms with Crippen molar-refractivity contribution in [3.8, 4) is 67.5 Å². The Hall–Kier alpha value is -5.67. The van der Waals surface area contributed by atoms with Crippen LogP contribution in [-0.2, 0) is 19.3 Å². The Morgan fingerprint density at radius 3 is 0.604 bits per heavy atom. The molecule has 0 saturated carbocycles. The van der Waals surface area contributed by atoms with Gasteiger partial charge in [0.05, 0.1) is 0 Å². The molecule has 0 radical (unpaired) electrons. The van der Waals surface area contributed by atoms with Gasteiger partial charge in [0, 0.05) is 16.7 Å². The van der Waals surface area contributed by atoms with Crippen LogP contribution in [-0.4, -0.2) is 15.0 Å². The molecule has 0 spiro atoms. The SMILES string of the molecule is CCc1ccc(-c2ccc(-c3nc(-c4ccc(-c5ccc(CC)cc5)cc4)nc(-c4ccc(-c5ccc(CC)cc5)cc4)n3)cc2)cc1. The second-order valence-electron chi connectivity index (χ2n) is 12.2. The van der Waals surface area contributed by atoms with Gasteiger partial charge in [0.1, 0.15) is 0 Å². The summed E-state index contributed by atoms with van der Waals surface area (Å²) in [7, 11) is 0. The average molecular weight is 622 g/mol. The Bertz CT molecular complexity index is 1850. The van der Waals surface area contributed by atoms with E-state index in [1.54, 1.807) is 0 Å². The first-order valence-corrected chi connectivity index (χ1v) is 17.0. The Morgan fingerprint density at radius 2 is 0.417 bits per heavy atom. The standard InChI is InChI=1S/C45H39N3/c1-4-31-7-13-34(14-8-31)37-19-25-40(26-20-37)43-46-44(41-27-21-38(22-28-41)35-15-9-32(5-2)10-16-35)48-45(47-43)42-29-23-39(24-30-42)36-17-11-33(6-3)12-18-36/h7-30H,4-6H2,1-3H3. The molecule has 0 aliphatic heterocycles. The summed E-state index contributed by atoms with van der Waals surface area (Å²) < 4.78 is 0. The van der Waals surface area contributed by atoms with Crippen LogP contribution in [0.15, 0.2) is 146 Å². The van der Waals surface area contributed by atoms with E-state index in [2.05, 4.69) is 166 Å². The Morgan fingerprint density at radius 1 is 0.250 bits per heavy atom. The number of aromatic nitrogens is 3. The van der Waals surface area contributed by atoms with Gasteiger partial charge in [-0.05, 0) is 69.3 Å². The normalized spacial score (nSPS) is 11.1. The Balaban J connectivity index is 1.25. The summed E-state index contributed by atoms with van der Waals surface area (Å²) in [5.41, 5.74) is 14.0. The van der Waals surface area contributed by atoms with Crippen molar-refractivity contribution in [3.05, 3.63) is 162 Å². The first-order chi connectivity index (χ1) is 23.6. The van der Waals surface area contributed by atoms with E-state index in [4.69, 9.17) is 15.0 Å². The highest BCUT2D eigenvalue weighted by molar-refractivity contribution is 5.73. The van der Waals surface area contributed by atoms with Gasteiger partial charge in [-0.15, -0.1) is 0 Å². The van der Waals surface area contributed by atoms with Crippen molar-refractivity contribution in [1.82, 2.24) is 15.0 Å². The number of benzene rings is 6. The fourth-order valence-corrected chi connectivity index (χ4v) is 6.00. The van der Waals surface area contributed by atoms with Crippen molar-refractivity contribution < 1.29 is 0 Å². The molecule has 0 unspecified atom stereocenters. The molecular formula is C45H39N3. The number of aryl methyl sites for hydroxylation is 3. The summed E-state index contributed by atoms with van der Waals surface area (Å²) in [5, 5.41) is 0. The second-order valence-corrected chi connectivity index (χ2v) is 12.2. The summed E-state index contributed by atoms with van der Waals surface area (Å²) in [6, 6.07) is 51.9. The van der Waals surface area contributed by atoms with E-state index in [1.165, 1.54) is 50.1 Å². The highest BCUT2D eigenvalue weighted by Gasteiger charge is 2.13. The minimum atomic E-state index is 0.654. The topological polar surface area (TPSA) is 38.7 Å². The molecule has 7 aromatic rings. The zero-order chi connectivity index (χ0) is 32.9. The van der Waals surface area contributed by atoms with Crippen molar-refractivity contribution >= 4 is 0 Å². The van der Waals surface area contributed by atoms with E-state index in [-0.39, 0.29) is 0 Å². The van der Waals surface area contributed by atoms with Gasteiger partial charge in [0.2, 0.25) is 0 Å². The van der Waals surface area contributed by atoms with Crippen LogP contribution in [0.1, 0.15) is 37.5 Å². The van der Waals surface area contributed by atoms with Gasteiger partial charge in [-0.25, -0.2) is 15.0 Å². The maximum atomic E-state index is 5.01. The number of hydrogen-bond acceptors (Lipinski definition) is 3. The molecule has 3 nitrogen and oxygen atoms in total. The molecule has 7 rings (SSSR count). The lowest BCUT2D eigenvalue weighted by atomic mass is 10.0. The Labute approximate surface area is 284 Å². The fourth-order valence-electron chi connectivity index (χ4n) is 6.00. The molecule has 6 aromatic carbocycles. The first-order valence-electron chi connectivity index (χ1n) is 17.0. The summed E-state index contributed by atoms with van der Waals surface area (Å²) in [6.45, 7) is 6.54.